The van der Waals surface area contributed by atoms with Gasteiger partial charge in [0.1, 0.15) is 0 Å². The average Bonchev–Trinajstić information content (AvgIpc) is 2.65. The van der Waals surface area contributed by atoms with Gasteiger partial charge in [0.05, 0.1) is 0 Å². The second-order valence-electron chi connectivity index (χ2n) is 3.15. The van der Waals surface area contributed by atoms with Crippen molar-refractivity contribution in [3.8, 4) is 0 Å². The molecule has 0 spiro atoms. The van der Waals surface area contributed by atoms with Crippen molar-refractivity contribution in [1.29, 1.82) is 0 Å². The van der Waals surface area contributed by atoms with E-state index in [0.29, 0.717) is 0 Å². The van der Waals surface area contributed by atoms with Gasteiger partial charge in [-0.3, -0.25) is 0 Å². The molecular weight excluding hydrogens is 152 g/mol. The van der Waals surface area contributed by atoms with E-state index in [1.165, 1.54) is 24.8 Å². The SMILES string of the molecule is Cn1nnnc1CC1=CCCC1. The summed E-state index contributed by atoms with van der Waals surface area (Å²) in [6.45, 7) is 0. The lowest BCUT2D eigenvalue weighted by atomic mass is 10.1. The molecule has 0 aliphatic heterocycles. The van der Waals surface area contributed by atoms with Gasteiger partial charge in [0.2, 0.25) is 0 Å². The highest BCUT2D eigenvalue weighted by atomic mass is 15.5. The summed E-state index contributed by atoms with van der Waals surface area (Å²) >= 11 is 0. The first-order valence-electron chi connectivity index (χ1n) is 4.25. The number of allylic oxidation sites excluding steroid dienone is 2. The summed E-state index contributed by atoms with van der Waals surface area (Å²) in [4.78, 5) is 0. The minimum Gasteiger partial charge on any atom is -0.232 e. The molecule has 0 saturated heterocycles. The lowest BCUT2D eigenvalue weighted by Gasteiger charge is -1.98. The largest absolute Gasteiger partial charge is 0.232 e. The van der Waals surface area contributed by atoms with Crippen LogP contribution in [0, 0.1) is 0 Å². The van der Waals surface area contributed by atoms with Gasteiger partial charge in [-0.05, 0) is 29.7 Å². The Balaban J connectivity index is 2.08. The molecule has 0 N–H and O–H groups in total. The second-order valence-corrected chi connectivity index (χ2v) is 3.15. The predicted molar refractivity (Wildman–Crippen MR) is 44.4 cm³/mol. The Labute approximate surface area is 71.3 Å². The molecule has 2 rings (SSSR count). The fourth-order valence-electron chi connectivity index (χ4n) is 1.50. The fraction of sp³-hybridized carbons (Fsp3) is 0.625. The number of rotatable bonds is 2. The van der Waals surface area contributed by atoms with Crippen LogP contribution in [-0.2, 0) is 13.5 Å². The number of tetrazole rings is 1. The summed E-state index contributed by atoms with van der Waals surface area (Å²) in [6, 6.07) is 0. The van der Waals surface area contributed by atoms with Crippen LogP contribution >= 0.6 is 0 Å². The molecule has 1 aliphatic carbocycles. The van der Waals surface area contributed by atoms with Crippen LogP contribution in [0.1, 0.15) is 25.1 Å². The van der Waals surface area contributed by atoms with Crippen LogP contribution in [0.15, 0.2) is 11.6 Å². The molecule has 1 heterocycles. The first kappa shape index (κ1) is 7.46. The minimum atomic E-state index is 0.920. The predicted octanol–water partition coefficient (Wildman–Crippen LogP) is 0.863. The van der Waals surface area contributed by atoms with Crippen molar-refractivity contribution >= 4 is 0 Å². The van der Waals surface area contributed by atoms with E-state index in [1.54, 1.807) is 4.68 Å². The maximum atomic E-state index is 3.94. The Hall–Kier alpha value is -1.19. The molecule has 1 aromatic rings. The third-order valence-electron chi connectivity index (χ3n) is 2.23. The lowest BCUT2D eigenvalue weighted by Crippen LogP contribution is -2.00. The first-order chi connectivity index (χ1) is 5.86. The van der Waals surface area contributed by atoms with E-state index in [9.17, 15) is 0 Å². The third-order valence-corrected chi connectivity index (χ3v) is 2.23. The van der Waals surface area contributed by atoms with E-state index < -0.39 is 0 Å². The maximum Gasteiger partial charge on any atom is 0.154 e. The smallest absolute Gasteiger partial charge is 0.154 e. The van der Waals surface area contributed by atoms with E-state index in [-0.39, 0.29) is 0 Å². The van der Waals surface area contributed by atoms with Crippen LogP contribution in [0.2, 0.25) is 0 Å². The van der Waals surface area contributed by atoms with Gasteiger partial charge in [0.25, 0.3) is 0 Å². The van der Waals surface area contributed by atoms with Gasteiger partial charge in [-0.2, -0.15) is 0 Å². The molecule has 0 aromatic carbocycles. The Morgan fingerprint density at radius 3 is 3.08 bits per heavy atom. The Morgan fingerprint density at radius 1 is 1.58 bits per heavy atom. The summed E-state index contributed by atoms with van der Waals surface area (Å²) in [6.07, 6.45) is 6.95. The van der Waals surface area contributed by atoms with Crippen LogP contribution in [0.3, 0.4) is 0 Å². The highest BCUT2D eigenvalue weighted by molar-refractivity contribution is 5.12. The number of nitrogens with zero attached hydrogens (tertiary/aromatic N) is 4. The zero-order valence-corrected chi connectivity index (χ0v) is 7.19. The normalized spacial score (nSPS) is 16.6. The Morgan fingerprint density at radius 2 is 2.50 bits per heavy atom. The first-order valence-corrected chi connectivity index (χ1v) is 4.25. The van der Waals surface area contributed by atoms with Crippen molar-refractivity contribution in [3.05, 3.63) is 17.5 Å². The van der Waals surface area contributed by atoms with E-state index in [2.05, 4.69) is 21.6 Å². The average molecular weight is 164 g/mol. The van der Waals surface area contributed by atoms with Crippen molar-refractivity contribution in [1.82, 2.24) is 20.2 Å². The quantitative estimate of drug-likeness (QED) is 0.609. The number of aryl methyl sites for hydroxylation is 1. The highest BCUT2D eigenvalue weighted by Crippen LogP contribution is 2.20. The summed E-state index contributed by atoms with van der Waals surface area (Å²) in [5.41, 5.74) is 1.48. The zero-order chi connectivity index (χ0) is 8.39. The summed E-state index contributed by atoms with van der Waals surface area (Å²) < 4.78 is 1.74. The van der Waals surface area contributed by atoms with Gasteiger partial charge in [-0.15, -0.1) is 5.10 Å². The molecular formula is C8H12N4. The van der Waals surface area contributed by atoms with Crippen molar-refractivity contribution in [2.75, 3.05) is 0 Å². The van der Waals surface area contributed by atoms with Crippen LogP contribution in [0.4, 0.5) is 0 Å². The third kappa shape index (κ3) is 1.37. The van der Waals surface area contributed by atoms with Crippen molar-refractivity contribution in [3.63, 3.8) is 0 Å². The number of aromatic nitrogens is 4. The van der Waals surface area contributed by atoms with Gasteiger partial charge in [0.15, 0.2) is 5.82 Å². The van der Waals surface area contributed by atoms with Gasteiger partial charge in [-0.25, -0.2) is 4.68 Å². The number of hydrogen-bond donors (Lipinski definition) is 0. The second kappa shape index (κ2) is 3.05. The van der Waals surface area contributed by atoms with Crippen LogP contribution in [0.25, 0.3) is 0 Å². The lowest BCUT2D eigenvalue weighted by molar-refractivity contribution is 0.682. The minimum absolute atomic E-state index is 0.920. The highest BCUT2D eigenvalue weighted by Gasteiger charge is 2.08. The van der Waals surface area contributed by atoms with E-state index in [4.69, 9.17) is 0 Å². The molecule has 0 saturated carbocycles. The number of hydrogen-bond acceptors (Lipinski definition) is 3. The van der Waals surface area contributed by atoms with Gasteiger partial charge in [-0.1, -0.05) is 11.6 Å². The van der Waals surface area contributed by atoms with E-state index in [0.717, 1.165) is 12.2 Å². The van der Waals surface area contributed by atoms with E-state index in [1.807, 2.05) is 7.05 Å². The molecule has 1 aliphatic rings. The summed E-state index contributed by atoms with van der Waals surface area (Å²) in [7, 11) is 1.88. The molecule has 0 unspecified atom stereocenters. The molecule has 64 valence electrons. The van der Waals surface area contributed by atoms with Gasteiger partial charge in [0, 0.05) is 13.5 Å². The molecule has 0 bridgehead atoms. The maximum absolute atomic E-state index is 3.94. The fourth-order valence-corrected chi connectivity index (χ4v) is 1.50. The molecule has 0 amide bonds. The molecule has 0 atom stereocenters. The summed E-state index contributed by atoms with van der Waals surface area (Å²) in [5, 5.41) is 11.3. The van der Waals surface area contributed by atoms with Gasteiger partial charge < -0.3 is 0 Å². The Bertz CT molecular complexity index is 300. The van der Waals surface area contributed by atoms with Crippen molar-refractivity contribution < 1.29 is 0 Å². The molecule has 1 aromatic heterocycles. The molecule has 0 fully saturated rings. The molecule has 4 nitrogen and oxygen atoms in total. The van der Waals surface area contributed by atoms with Crippen LogP contribution < -0.4 is 0 Å². The van der Waals surface area contributed by atoms with Crippen LogP contribution in [0.5, 0.6) is 0 Å². The van der Waals surface area contributed by atoms with Crippen LogP contribution in [-0.4, -0.2) is 20.2 Å². The van der Waals surface area contributed by atoms with Crippen molar-refractivity contribution in [2.24, 2.45) is 7.05 Å². The molecule has 0 radical (unpaired) electrons. The molecule has 12 heavy (non-hydrogen) atoms. The van der Waals surface area contributed by atoms with Crippen molar-refractivity contribution in [2.45, 2.75) is 25.7 Å². The van der Waals surface area contributed by atoms with Gasteiger partial charge >= 0.3 is 0 Å². The standard InChI is InChI=1S/C8H12N4/c1-12-8(9-10-11-12)6-7-4-2-3-5-7/h4H,2-3,5-6H2,1H3. The molecule has 4 heteroatoms. The topological polar surface area (TPSA) is 43.6 Å². The Kier molecular flexibility index (Phi) is 1.89. The summed E-state index contributed by atoms with van der Waals surface area (Å²) in [5.74, 6) is 0.961. The monoisotopic (exact) mass is 164 g/mol. The van der Waals surface area contributed by atoms with E-state index >= 15 is 0 Å². The zero-order valence-electron chi connectivity index (χ0n) is 7.19.